The number of rotatable bonds is 10. The van der Waals surface area contributed by atoms with E-state index >= 15 is 0 Å². The fourth-order valence-corrected chi connectivity index (χ4v) is 4.25. The van der Waals surface area contributed by atoms with Crippen molar-refractivity contribution in [2.75, 3.05) is 25.3 Å². The van der Waals surface area contributed by atoms with Gasteiger partial charge < -0.3 is 20.1 Å². The third-order valence-corrected chi connectivity index (χ3v) is 6.29. The number of thiazole rings is 1. The number of nitrogens with one attached hydrogen (secondary N) is 2. The van der Waals surface area contributed by atoms with E-state index in [-0.39, 0.29) is 24.0 Å². The molecule has 0 unspecified atom stereocenters. The van der Waals surface area contributed by atoms with Gasteiger partial charge in [0.15, 0.2) is 4.34 Å². The van der Waals surface area contributed by atoms with Crippen molar-refractivity contribution in [2.24, 2.45) is 0 Å². The number of anilines is 1. The van der Waals surface area contributed by atoms with Crippen molar-refractivity contribution in [3.63, 3.8) is 0 Å². The first-order chi connectivity index (χ1) is 15.1. The molecule has 0 aliphatic rings. The lowest BCUT2D eigenvalue weighted by Crippen LogP contribution is -2.24. The van der Waals surface area contributed by atoms with Gasteiger partial charge in [-0.25, -0.2) is 4.98 Å². The average molecular weight is 458 g/mol. The highest BCUT2D eigenvalue weighted by atomic mass is 32.2. The molecule has 7 nitrogen and oxygen atoms in total. The Morgan fingerprint density at radius 3 is 2.26 bits per heavy atom. The van der Waals surface area contributed by atoms with E-state index in [0.29, 0.717) is 17.9 Å². The molecule has 0 spiro atoms. The van der Waals surface area contributed by atoms with E-state index in [1.807, 2.05) is 29.6 Å². The maximum Gasteiger partial charge on any atom is 0.234 e. The lowest BCUT2D eigenvalue weighted by atomic mass is 10.2. The molecule has 2 N–H and O–H groups in total. The first-order valence-corrected chi connectivity index (χ1v) is 11.3. The minimum Gasteiger partial charge on any atom is -0.497 e. The monoisotopic (exact) mass is 457 g/mol. The summed E-state index contributed by atoms with van der Waals surface area (Å²) in [5.41, 5.74) is 2.39. The maximum absolute atomic E-state index is 12.2. The van der Waals surface area contributed by atoms with Crippen LogP contribution >= 0.6 is 23.1 Å². The predicted octanol–water partition coefficient (Wildman–Crippen LogP) is 3.75. The van der Waals surface area contributed by atoms with Gasteiger partial charge in [-0.15, -0.1) is 11.3 Å². The van der Waals surface area contributed by atoms with Crippen LogP contribution in [0.2, 0.25) is 0 Å². The summed E-state index contributed by atoms with van der Waals surface area (Å²) in [4.78, 5) is 28.7. The van der Waals surface area contributed by atoms with Crippen molar-refractivity contribution >= 4 is 40.6 Å². The van der Waals surface area contributed by atoms with Crippen molar-refractivity contribution in [2.45, 2.75) is 17.3 Å². The summed E-state index contributed by atoms with van der Waals surface area (Å²) in [6, 6.07) is 14.7. The number of benzene rings is 2. The summed E-state index contributed by atoms with van der Waals surface area (Å²) >= 11 is 2.77. The van der Waals surface area contributed by atoms with Crippen LogP contribution in [0.15, 0.2) is 58.3 Å². The third kappa shape index (κ3) is 7.30. The Labute approximate surface area is 189 Å². The highest BCUT2D eigenvalue weighted by Crippen LogP contribution is 2.23. The van der Waals surface area contributed by atoms with E-state index in [1.165, 1.54) is 23.1 Å². The molecule has 3 aromatic rings. The molecule has 0 fully saturated rings. The van der Waals surface area contributed by atoms with Crippen LogP contribution in [0.4, 0.5) is 5.69 Å². The van der Waals surface area contributed by atoms with Gasteiger partial charge in [-0.05, 0) is 42.0 Å². The Morgan fingerprint density at radius 1 is 0.968 bits per heavy atom. The zero-order valence-corrected chi connectivity index (χ0v) is 18.8. The average Bonchev–Trinajstić information content (AvgIpc) is 3.24. The zero-order valence-electron chi connectivity index (χ0n) is 17.2. The number of nitrogens with zero attached hydrogens (tertiary/aromatic N) is 1. The van der Waals surface area contributed by atoms with Crippen LogP contribution in [0.3, 0.4) is 0 Å². The van der Waals surface area contributed by atoms with Crippen LogP contribution in [-0.2, 0) is 22.6 Å². The summed E-state index contributed by atoms with van der Waals surface area (Å²) in [5.74, 6) is 1.53. The van der Waals surface area contributed by atoms with E-state index in [0.717, 1.165) is 21.4 Å². The second-order valence-corrected chi connectivity index (χ2v) is 8.55. The lowest BCUT2D eigenvalue weighted by molar-refractivity contribution is -0.120. The molecule has 0 aliphatic carbocycles. The highest BCUT2D eigenvalue weighted by Gasteiger charge is 2.10. The molecule has 9 heteroatoms. The summed E-state index contributed by atoms with van der Waals surface area (Å²) < 4.78 is 11.0. The molecule has 1 heterocycles. The van der Waals surface area contributed by atoms with Crippen LogP contribution in [0, 0.1) is 0 Å². The van der Waals surface area contributed by atoms with E-state index < -0.39 is 0 Å². The van der Waals surface area contributed by atoms with Crippen LogP contribution in [0.5, 0.6) is 11.5 Å². The number of carbonyl (C=O) groups excluding carboxylic acids is 2. The van der Waals surface area contributed by atoms with Crippen molar-refractivity contribution in [3.05, 3.63) is 65.2 Å². The van der Waals surface area contributed by atoms with Gasteiger partial charge in [0, 0.05) is 17.6 Å². The standard InChI is InChI=1S/C22H23N3O4S2/c1-28-18-7-3-15(4-8-18)12-23-20(26)11-17-13-30-22(25-17)31-14-21(27)24-16-5-9-19(29-2)10-6-16/h3-10,13H,11-12,14H2,1-2H3,(H,23,26)(H,24,27). The molecule has 2 aromatic carbocycles. The molecule has 0 saturated carbocycles. The maximum atomic E-state index is 12.2. The molecular weight excluding hydrogens is 434 g/mol. The quantitative estimate of drug-likeness (QED) is 0.451. The molecule has 2 amide bonds. The van der Waals surface area contributed by atoms with Gasteiger partial charge in [0.2, 0.25) is 11.8 Å². The number of amides is 2. The van der Waals surface area contributed by atoms with E-state index in [2.05, 4.69) is 15.6 Å². The number of ether oxygens (including phenoxy) is 2. The fraction of sp³-hybridized carbons (Fsp3) is 0.227. The summed E-state index contributed by atoms with van der Waals surface area (Å²) in [5, 5.41) is 7.56. The largest absolute Gasteiger partial charge is 0.497 e. The van der Waals surface area contributed by atoms with Gasteiger partial charge in [0.1, 0.15) is 11.5 Å². The number of aromatic nitrogens is 1. The van der Waals surface area contributed by atoms with Crippen molar-refractivity contribution < 1.29 is 19.1 Å². The normalized spacial score (nSPS) is 10.4. The first kappa shape index (κ1) is 22.6. The van der Waals surface area contributed by atoms with E-state index in [4.69, 9.17) is 9.47 Å². The molecule has 0 bridgehead atoms. The number of hydrogen-bond acceptors (Lipinski definition) is 7. The highest BCUT2D eigenvalue weighted by molar-refractivity contribution is 8.01. The molecule has 162 valence electrons. The first-order valence-electron chi connectivity index (χ1n) is 9.46. The van der Waals surface area contributed by atoms with Crippen LogP contribution in [0.1, 0.15) is 11.3 Å². The van der Waals surface area contributed by atoms with Crippen molar-refractivity contribution in [3.8, 4) is 11.5 Å². The van der Waals surface area contributed by atoms with E-state index in [1.54, 1.807) is 38.5 Å². The summed E-state index contributed by atoms with van der Waals surface area (Å²) in [7, 11) is 3.21. The number of thioether (sulfide) groups is 1. The fourth-order valence-electron chi connectivity index (χ4n) is 2.61. The molecular formula is C22H23N3O4S2. The van der Waals surface area contributed by atoms with Crippen molar-refractivity contribution in [1.29, 1.82) is 0 Å². The Bertz CT molecular complexity index is 1000. The Morgan fingerprint density at radius 2 is 1.61 bits per heavy atom. The van der Waals surface area contributed by atoms with Gasteiger partial charge in [0.25, 0.3) is 0 Å². The Hall–Kier alpha value is -3.04. The minimum absolute atomic E-state index is 0.102. The number of carbonyl (C=O) groups is 2. The SMILES string of the molecule is COc1ccc(CNC(=O)Cc2csc(SCC(=O)Nc3ccc(OC)cc3)n2)cc1. The second-order valence-electron chi connectivity index (χ2n) is 6.47. The number of methoxy groups -OCH3 is 2. The van der Waals surface area contributed by atoms with Gasteiger partial charge in [-0.2, -0.15) is 0 Å². The van der Waals surface area contributed by atoms with Gasteiger partial charge >= 0.3 is 0 Å². The lowest BCUT2D eigenvalue weighted by Gasteiger charge is -2.06. The molecule has 0 aliphatic heterocycles. The Balaban J connectivity index is 1.40. The smallest absolute Gasteiger partial charge is 0.234 e. The molecule has 31 heavy (non-hydrogen) atoms. The molecule has 1 aromatic heterocycles. The summed E-state index contributed by atoms with van der Waals surface area (Å²) in [6.45, 7) is 0.445. The predicted molar refractivity (Wildman–Crippen MR) is 123 cm³/mol. The van der Waals surface area contributed by atoms with Gasteiger partial charge in [0.05, 0.1) is 32.1 Å². The molecule has 0 saturated heterocycles. The van der Waals surface area contributed by atoms with Crippen LogP contribution in [-0.4, -0.2) is 36.8 Å². The minimum atomic E-state index is -0.121. The van der Waals surface area contributed by atoms with Gasteiger partial charge in [-0.3, -0.25) is 9.59 Å². The van der Waals surface area contributed by atoms with Crippen LogP contribution in [0.25, 0.3) is 0 Å². The second kappa shape index (κ2) is 11.4. The molecule has 3 rings (SSSR count). The number of hydrogen-bond donors (Lipinski definition) is 2. The zero-order chi connectivity index (χ0) is 22.1. The van der Waals surface area contributed by atoms with Gasteiger partial charge in [-0.1, -0.05) is 23.9 Å². The molecule has 0 atom stereocenters. The van der Waals surface area contributed by atoms with Crippen LogP contribution < -0.4 is 20.1 Å². The molecule has 0 radical (unpaired) electrons. The van der Waals surface area contributed by atoms with E-state index in [9.17, 15) is 9.59 Å². The third-order valence-electron chi connectivity index (χ3n) is 4.22. The van der Waals surface area contributed by atoms with Crippen molar-refractivity contribution in [1.82, 2.24) is 10.3 Å². The Kier molecular flexibility index (Phi) is 8.31. The topological polar surface area (TPSA) is 89.5 Å². The summed E-state index contributed by atoms with van der Waals surface area (Å²) in [6.07, 6.45) is 0.200.